The van der Waals surface area contributed by atoms with E-state index in [1.807, 2.05) is 24.3 Å². The van der Waals surface area contributed by atoms with Gasteiger partial charge in [0.25, 0.3) is 0 Å². The van der Waals surface area contributed by atoms with Gasteiger partial charge in [0.1, 0.15) is 5.75 Å². The first-order valence-corrected chi connectivity index (χ1v) is 9.80. The molecule has 6 nitrogen and oxygen atoms in total. The van der Waals surface area contributed by atoms with Crippen LogP contribution >= 0.6 is 0 Å². The van der Waals surface area contributed by atoms with Crippen molar-refractivity contribution in [3.63, 3.8) is 0 Å². The largest absolute Gasteiger partial charge is 0.496 e. The highest BCUT2D eigenvalue weighted by Crippen LogP contribution is 2.31. The molecule has 0 saturated carbocycles. The number of methoxy groups -OCH3 is 1. The number of rotatable bonds is 9. The first kappa shape index (κ1) is 21.5. The minimum absolute atomic E-state index is 0.187. The Labute approximate surface area is 176 Å². The molecule has 30 heavy (non-hydrogen) atoms. The maximum absolute atomic E-state index is 11.2. The number of aromatic carboxylic acids is 1. The molecular formula is C24H26N2O4. The summed E-state index contributed by atoms with van der Waals surface area (Å²) in [6, 6.07) is 16.8. The third kappa shape index (κ3) is 5.43. The van der Waals surface area contributed by atoms with Gasteiger partial charge in [-0.2, -0.15) is 0 Å². The molecule has 6 heteroatoms. The summed E-state index contributed by atoms with van der Waals surface area (Å²) >= 11 is 0. The zero-order valence-corrected chi connectivity index (χ0v) is 17.1. The van der Waals surface area contributed by atoms with Crippen LogP contribution in [-0.2, 0) is 6.42 Å². The van der Waals surface area contributed by atoms with Crippen molar-refractivity contribution in [1.29, 1.82) is 0 Å². The average molecular weight is 406 g/mol. The zero-order valence-electron chi connectivity index (χ0n) is 17.1. The van der Waals surface area contributed by atoms with Crippen molar-refractivity contribution < 1.29 is 19.7 Å². The summed E-state index contributed by atoms with van der Waals surface area (Å²) in [5, 5.41) is 22.8. The fourth-order valence-corrected chi connectivity index (χ4v) is 3.31. The van der Waals surface area contributed by atoms with E-state index in [9.17, 15) is 9.90 Å². The molecule has 1 heterocycles. The number of nitrogens with zero attached hydrogens (tertiary/aromatic N) is 1. The van der Waals surface area contributed by atoms with Crippen LogP contribution in [0.2, 0.25) is 0 Å². The molecule has 0 aliphatic heterocycles. The number of aliphatic hydroxyl groups excluding tert-OH is 1. The highest BCUT2D eigenvalue weighted by atomic mass is 16.5. The second kappa shape index (κ2) is 10.0. The quantitative estimate of drug-likeness (QED) is 0.502. The van der Waals surface area contributed by atoms with Gasteiger partial charge in [-0.25, -0.2) is 4.79 Å². The molecular weight excluding hydrogens is 380 g/mol. The lowest BCUT2D eigenvalue weighted by molar-refractivity contribution is 0.0696. The van der Waals surface area contributed by atoms with E-state index in [-0.39, 0.29) is 11.6 Å². The number of aliphatic hydroxyl groups is 1. The summed E-state index contributed by atoms with van der Waals surface area (Å²) in [5.41, 5.74) is 3.96. The van der Waals surface area contributed by atoms with E-state index in [2.05, 4.69) is 29.4 Å². The average Bonchev–Trinajstić information content (AvgIpc) is 2.78. The van der Waals surface area contributed by atoms with Crippen molar-refractivity contribution in [2.75, 3.05) is 13.7 Å². The number of carboxylic acid groups (broad SMARTS) is 1. The highest BCUT2D eigenvalue weighted by molar-refractivity contribution is 5.89. The molecule has 0 unspecified atom stereocenters. The second-order valence-electron chi connectivity index (χ2n) is 7.23. The van der Waals surface area contributed by atoms with Gasteiger partial charge in [-0.05, 0) is 48.7 Å². The van der Waals surface area contributed by atoms with Crippen LogP contribution in [0.1, 0.15) is 34.5 Å². The Morgan fingerprint density at radius 1 is 1.17 bits per heavy atom. The van der Waals surface area contributed by atoms with Crippen molar-refractivity contribution in [3.8, 4) is 16.9 Å². The van der Waals surface area contributed by atoms with Crippen molar-refractivity contribution in [2.45, 2.75) is 25.5 Å². The van der Waals surface area contributed by atoms with Gasteiger partial charge in [0.05, 0.1) is 18.8 Å². The Balaban J connectivity index is 1.61. The Hall–Kier alpha value is -3.22. The summed E-state index contributed by atoms with van der Waals surface area (Å²) in [5.74, 6) is -0.451. The van der Waals surface area contributed by atoms with Crippen LogP contribution in [0.25, 0.3) is 11.1 Å². The van der Waals surface area contributed by atoms with Crippen molar-refractivity contribution in [3.05, 3.63) is 83.7 Å². The molecule has 0 bridgehead atoms. The molecule has 0 fully saturated rings. The van der Waals surface area contributed by atoms with Gasteiger partial charge < -0.3 is 20.3 Å². The van der Waals surface area contributed by atoms with Crippen LogP contribution in [0.4, 0.5) is 0 Å². The van der Waals surface area contributed by atoms with Gasteiger partial charge in [0, 0.05) is 36.1 Å². The summed E-state index contributed by atoms with van der Waals surface area (Å²) < 4.78 is 5.37. The number of nitrogens with one attached hydrogen (secondary N) is 1. The molecule has 0 saturated heterocycles. The summed E-state index contributed by atoms with van der Waals surface area (Å²) in [7, 11) is 1.53. The molecule has 2 aromatic carbocycles. The Kier molecular flexibility index (Phi) is 7.17. The van der Waals surface area contributed by atoms with Crippen LogP contribution in [0, 0.1) is 0 Å². The molecule has 2 atom stereocenters. The number of ether oxygens (including phenoxy) is 1. The number of carbonyl (C=O) groups is 1. The molecule has 0 spiro atoms. The van der Waals surface area contributed by atoms with Gasteiger partial charge in [-0.3, -0.25) is 4.98 Å². The molecule has 1 aromatic heterocycles. The van der Waals surface area contributed by atoms with Crippen LogP contribution in [0.3, 0.4) is 0 Å². The fourth-order valence-electron chi connectivity index (χ4n) is 3.31. The van der Waals surface area contributed by atoms with Crippen molar-refractivity contribution in [1.82, 2.24) is 10.3 Å². The Morgan fingerprint density at radius 2 is 1.93 bits per heavy atom. The van der Waals surface area contributed by atoms with Crippen LogP contribution in [0.15, 0.2) is 67.0 Å². The van der Waals surface area contributed by atoms with Gasteiger partial charge in [-0.15, -0.1) is 0 Å². The number of pyridine rings is 1. The smallest absolute Gasteiger partial charge is 0.335 e. The minimum atomic E-state index is -0.981. The molecule has 3 aromatic rings. The van der Waals surface area contributed by atoms with Crippen LogP contribution in [0.5, 0.6) is 5.75 Å². The number of aromatic nitrogens is 1. The Bertz CT molecular complexity index is 974. The number of carboxylic acids is 1. The monoisotopic (exact) mass is 406 g/mol. The van der Waals surface area contributed by atoms with Gasteiger partial charge >= 0.3 is 5.97 Å². The van der Waals surface area contributed by atoms with Gasteiger partial charge in [0.15, 0.2) is 0 Å². The van der Waals surface area contributed by atoms with E-state index < -0.39 is 12.1 Å². The SMILES string of the molecule is COc1cc(C(=O)O)ccc1-c1ccc(C[C@@H](C)NC[C@@H](O)c2cccnc2)cc1. The summed E-state index contributed by atoms with van der Waals surface area (Å²) in [6.07, 6.45) is 3.58. The standard InChI is InChI=1S/C24H26N2O4/c1-16(26-15-22(27)20-4-3-11-25-14-20)12-17-5-7-18(8-6-17)21-10-9-19(24(28)29)13-23(21)30-2/h3-11,13-14,16,22,26-27H,12,15H2,1-2H3,(H,28,29)/t16-,22-/m1/s1. The van der Waals surface area contributed by atoms with E-state index in [1.54, 1.807) is 24.5 Å². The number of hydrogen-bond acceptors (Lipinski definition) is 5. The maximum atomic E-state index is 11.2. The Morgan fingerprint density at radius 3 is 2.57 bits per heavy atom. The molecule has 0 aliphatic carbocycles. The maximum Gasteiger partial charge on any atom is 0.335 e. The van der Waals surface area contributed by atoms with Gasteiger partial charge in [0.2, 0.25) is 0 Å². The lowest BCUT2D eigenvalue weighted by Crippen LogP contribution is -2.32. The third-order valence-electron chi connectivity index (χ3n) is 4.98. The molecule has 3 rings (SSSR count). The first-order chi connectivity index (χ1) is 14.5. The number of benzene rings is 2. The first-order valence-electron chi connectivity index (χ1n) is 9.80. The lowest BCUT2D eigenvalue weighted by atomic mass is 9.99. The topological polar surface area (TPSA) is 91.7 Å². The summed E-state index contributed by atoms with van der Waals surface area (Å²) in [6.45, 7) is 2.54. The zero-order chi connectivity index (χ0) is 21.5. The molecule has 156 valence electrons. The fraction of sp³-hybridized carbons (Fsp3) is 0.250. The summed E-state index contributed by atoms with van der Waals surface area (Å²) in [4.78, 5) is 15.2. The van der Waals surface area contributed by atoms with Crippen molar-refractivity contribution >= 4 is 5.97 Å². The van der Waals surface area contributed by atoms with E-state index in [1.165, 1.54) is 13.2 Å². The third-order valence-corrected chi connectivity index (χ3v) is 4.98. The van der Waals surface area contributed by atoms with Crippen LogP contribution < -0.4 is 10.1 Å². The highest BCUT2D eigenvalue weighted by Gasteiger charge is 2.12. The predicted molar refractivity (Wildman–Crippen MR) is 116 cm³/mol. The molecule has 3 N–H and O–H groups in total. The normalized spacial score (nSPS) is 12.9. The second-order valence-corrected chi connectivity index (χ2v) is 7.23. The molecule has 0 aliphatic rings. The predicted octanol–water partition coefficient (Wildman–Crippen LogP) is 3.71. The van der Waals surface area contributed by atoms with E-state index >= 15 is 0 Å². The van der Waals surface area contributed by atoms with E-state index in [4.69, 9.17) is 9.84 Å². The van der Waals surface area contributed by atoms with Crippen molar-refractivity contribution in [2.24, 2.45) is 0 Å². The van der Waals surface area contributed by atoms with E-state index in [0.717, 1.165) is 28.7 Å². The lowest BCUT2D eigenvalue weighted by Gasteiger charge is -2.17. The minimum Gasteiger partial charge on any atom is -0.496 e. The van der Waals surface area contributed by atoms with Crippen LogP contribution in [-0.4, -0.2) is 40.9 Å². The molecule has 0 radical (unpaired) electrons. The molecule has 0 amide bonds. The van der Waals surface area contributed by atoms with Gasteiger partial charge in [-0.1, -0.05) is 30.3 Å². The van der Waals surface area contributed by atoms with E-state index in [0.29, 0.717) is 12.3 Å². The number of hydrogen-bond donors (Lipinski definition) is 3.